The highest BCUT2D eigenvalue weighted by Crippen LogP contribution is 2.23. The van der Waals surface area contributed by atoms with Crippen molar-refractivity contribution in [3.63, 3.8) is 0 Å². The zero-order valence-corrected chi connectivity index (χ0v) is 12.3. The van der Waals surface area contributed by atoms with Crippen LogP contribution < -0.4 is 5.73 Å². The van der Waals surface area contributed by atoms with Gasteiger partial charge >= 0.3 is 0 Å². The maximum atomic E-state index is 12.4. The van der Waals surface area contributed by atoms with Crippen molar-refractivity contribution in [2.45, 2.75) is 6.42 Å². The summed E-state index contributed by atoms with van der Waals surface area (Å²) in [5, 5.41) is 0.988. The van der Waals surface area contributed by atoms with E-state index in [9.17, 15) is 9.59 Å². The van der Waals surface area contributed by atoms with Crippen LogP contribution in [0.3, 0.4) is 0 Å². The molecule has 1 aromatic heterocycles. The van der Waals surface area contributed by atoms with E-state index in [0.29, 0.717) is 25.2 Å². The van der Waals surface area contributed by atoms with Crippen molar-refractivity contribution in [1.29, 1.82) is 0 Å². The Morgan fingerprint density at radius 1 is 1.35 bits per heavy atom. The van der Waals surface area contributed by atoms with E-state index in [4.69, 9.17) is 5.73 Å². The van der Waals surface area contributed by atoms with Gasteiger partial charge in [-0.2, -0.15) is 0 Å². The Kier molecular flexibility index (Phi) is 3.25. The summed E-state index contributed by atoms with van der Waals surface area (Å²) in [6.45, 7) is 0.985. The monoisotopic (exact) mass is 335 g/mol. The summed E-state index contributed by atoms with van der Waals surface area (Å²) < 4.78 is 0.959. The number of amides is 2. The SMILES string of the molecule is NC(=O)[C@@H]1CCN(C(=O)c2cc3ccc(Br)cc3[nH]2)C1. The van der Waals surface area contributed by atoms with Gasteiger partial charge in [-0.1, -0.05) is 22.0 Å². The molecule has 1 aromatic carbocycles. The van der Waals surface area contributed by atoms with Crippen molar-refractivity contribution < 1.29 is 9.59 Å². The minimum Gasteiger partial charge on any atom is -0.369 e. The molecule has 6 heteroatoms. The lowest BCUT2D eigenvalue weighted by Gasteiger charge is -2.14. The number of benzene rings is 1. The smallest absolute Gasteiger partial charge is 0.270 e. The number of fused-ring (bicyclic) bond motifs is 1. The third-order valence-electron chi connectivity index (χ3n) is 3.69. The van der Waals surface area contributed by atoms with Gasteiger partial charge in [0.25, 0.3) is 5.91 Å². The summed E-state index contributed by atoms with van der Waals surface area (Å²) in [5.41, 5.74) is 6.74. The summed E-state index contributed by atoms with van der Waals surface area (Å²) >= 11 is 3.40. The van der Waals surface area contributed by atoms with Crippen molar-refractivity contribution in [2.24, 2.45) is 11.7 Å². The molecule has 1 saturated heterocycles. The average molecular weight is 336 g/mol. The molecule has 3 N–H and O–H groups in total. The molecule has 2 amide bonds. The molecule has 1 atom stereocenters. The molecule has 2 aromatic rings. The van der Waals surface area contributed by atoms with E-state index in [1.54, 1.807) is 4.90 Å². The first-order valence-electron chi connectivity index (χ1n) is 6.41. The molecule has 2 heterocycles. The largest absolute Gasteiger partial charge is 0.369 e. The fraction of sp³-hybridized carbons (Fsp3) is 0.286. The molecular formula is C14H14BrN3O2. The number of nitrogens with two attached hydrogens (primary N) is 1. The summed E-state index contributed by atoms with van der Waals surface area (Å²) in [5.74, 6) is -0.639. The van der Waals surface area contributed by atoms with Crippen molar-refractivity contribution in [1.82, 2.24) is 9.88 Å². The Morgan fingerprint density at radius 3 is 2.85 bits per heavy atom. The number of carbonyl (C=O) groups is 2. The molecule has 1 fully saturated rings. The van der Waals surface area contributed by atoms with E-state index in [0.717, 1.165) is 15.4 Å². The Balaban J connectivity index is 1.84. The number of halogens is 1. The first kappa shape index (κ1) is 13.2. The van der Waals surface area contributed by atoms with Crippen LogP contribution in [0.15, 0.2) is 28.7 Å². The predicted molar refractivity (Wildman–Crippen MR) is 79.2 cm³/mol. The fourth-order valence-corrected chi connectivity index (χ4v) is 2.92. The maximum absolute atomic E-state index is 12.4. The number of aromatic amines is 1. The van der Waals surface area contributed by atoms with E-state index < -0.39 is 0 Å². The highest BCUT2D eigenvalue weighted by atomic mass is 79.9. The molecule has 1 aliphatic rings. The first-order chi connectivity index (χ1) is 9.54. The summed E-state index contributed by atoms with van der Waals surface area (Å²) in [4.78, 5) is 28.4. The highest BCUT2D eigenvalue weighted by molar-refractivity contribution is 9.10. The number of hydrogen-bond donors (Lipinski definition) is 2. The number of hydrogen-bond acceptors (Lipinski definition) is 2. The van der Waals surface area contributed by atoms with Gasteiger partial charge in [-0.15, -0.1) is 0 Å². The number of primary amides is 1. The molecule has 5 nitrogen and oxygen atoms in total. The molecular weight excluding hydrogens is 322 g/mol. The van der Waals surface area contributed by atoms with Crippen LogP contribution in [0.4, 0.5) is 0 Å². The highest BCUT2D eigenvalue weighted by Gasteiger charge is 2.30. The molecule has 1 aliphatic heterocycles. The number of carbonyl (C=O) groups excluding carboxylic acids is 2. The molecule has 0 unspecified atom stereocenters. The number of nitrogens with zero attached hydrogens (tertiary/aromatic N) is 1. The van der Waals surface area contributed by atoms with Crippen LogP contribution >= 0.6 is 15.9 Å². The normalized spacial score (nSPS) is 18.6. The number of H-pyrrole nitrogens is 1. The van der Waals surface area contributed by atoms with E-state index in [1.165, 1.54) is 0 Å². The lowest BCUT2D eigenvalue weighted by Crippen LogP contribution is -2.31. The van der Waals surface area contributed by atoms with Crippen LogP contribution in [-0.4, -0.2) is 34.8 Å². The van der Waals surface area contributed by atoms with Crippen LogP contribution in [0.2, 0.25) is 0 Å². The average Bonchev–Trinajstić information content (AvgIpc) is 3.03. The van der Waals surface area contributed by atoms with Gasteiger partial charge in [0.2, 0.25) is 5.91 Å². The summed E-state index contributed by atoms with van der Waals surface area (Å²) in [7, 11) is 0. The summed E-state index contributed by atoms with van der Waals surface area (Å²) in [6, 6.07) is 7.65. The first-order valence-corrected chi connectivity index (χ1v) is 7.21. The summed E-state index contributed by atoms with van der Waals surface area (Å²) in [6.07, 6.45) is 0.646. The van der Waals surface area contributed by atoms with Crippen molar-refractivity contribution in [2.75, 3.05) is 13.1 Å². The standard InChI is InChI=1S/C14H14BrN3O2/c15-10-2-1-8-5-12(17-11(8)6-10)14(20)18-4-3-9(7-18)13(16)19/h1-2,5-6,9,17H,3-4,7H2,(H2,16,19)/t9-/m1/s1. The van der Waals surface area contributed by atoms with Crippen LogP contribution in [0.25, 0.3) is 10.9 Å². The van der Waals surface area contributed by atoms with Crippen LogP contribution in [0.1, 0.15) is 16.9 Å². The van der Waals surface area contributed by atoms with Gasteiger partial charge in [0.15, 0.2) is 0 Å². The minimum atomic E-state index is -0.333. The molecule has 0 radical (unpaired) electrons. The third kappa shape index (κ3) is 2.31. The van der Waals surface area contributed by atoms with Gasteiger partial charge in [-0.3, -0.25) is 9.59 Å². The number of likely N-dealkylation sites (tertiary alicyclic amines) is 1. The van der Waals surface area contributed by atoms with Gasteiger partial charge in [-0.05, 0) is 24.6 Å². The lowest BCUT2D eigenvalue weighted by molar-refractivity contribution is -0.121. The second-order valence-corrected chi connectivity index (χ2v) is 5.97. The quantitative estimate of drug-likeness (QED) is 0.878. The van der Waals surface area contributed by atoms with Gasteiger partial charge in [0, 0.05) is 28.5 Å². The molecule has 0 aliphatic carbocycles. The second kappa shape index (κ2) is 4.94. The Labute approximate surface area is 124 Å². The van der Waals surface area contributed by atoms with Crippen molar-refractivity contribution in [3.8, 4) is 0 Å². The molecule has 3 rings (SSSR count). The Bertz CT molecular complexity index is 695. The molecule has 20 heavy (non-hydrogen) atoms. The van der Waals surface area contributed by atoms with Crippen molar-refractivity contribution >= 4 is 38.6 Å². The van der Waals surface area contributed by atoms with Gasteiger partial charge < -0.3 is 15.6 Å². The van der Waals surface area contributed by atoms with E-state index in [-0.39, 0.29) is 17.7 Å². The molecule has 0 bridgehead atoms. The van der Waals surface area contributed by atoms with Gasteiger partial charge in [0.05, 0.1) is 5.92 Å². The van der Waals surface area contributed by atoms with E-state index in [1.807, 2.05) is 24.3 Å². The van der Waals surface area contributed by atoms with E-state index >= 15 is 0 Å². The van der Waals surface area contributed by atoms with Crippen LogP contribution in [0, 0.1) is 5.92 Å². The molecule has 0 saturated carbocycles. The number of rotatable bonds is 2. The maximum Gasteiger partial charge on any atom is 0.270 e. The number of aromatic nitrogens is 1. The third-order valence-corrected chi connectivity index (χ3v) is 4.19. The fourth-order valence-electron chi connectivity index (χ4n) is 2.56. The van der Waals surface area contributed by atoms with Crippen LogP contribution in [-0.2, 0) is 4.79 Å². The zero-order chi connectivity index (χ0) is 14.3. The molecule has 104 valence electrons. The minimum absolute atomic E-state index is 0.0823. The zero-order valence-electron chi connectivity index (χ0n) is 10.7. The topological polar surface area (TPSA) is 79.2 Å². The molecule has 0 spiro atoms. The number of nitrogens with one attached hydrogen (secondary N) is 1. The Hall–Kier alpha value is -1.82. The second-order valence-electron chi connectivity index (χ2n) is 5.05. The predicted octanol–water partition coefficient (Wildman–Crippen LogP) is 1.88. The van der Waals surface area contributed by atoms with Crippen LogP contribution in [0.5, 0.6) is 0 Å². The van der Waals surface area contributed by atoms with Gasteiger partial charge in [0.1, 0.15) is 5.69 Å². The van der Waals surface area contributed by atoms with Gasteiger partial charge in [-0.25, -0.2) is 0 Å². The van der Waals surface area contributed by atoms with Crippen molar-refractivity contribution in [3.05, 3.63) is 34.4 Å². The Morgan fingerprint density at radius 2 is 2.15 bits per heavy atom. The lowest BCUT2D eigenvalue weighted by atomic mass is 10.1. The van der Waals surface area contributed by atoms with E-state index in [2.05, 4.69) is 20.9 Å².